The Morgan fingerprint density at radius 1 is 1.08 bits per heavy atom. The van der Waals surface area contributed by atoms with Crippen LogP contribution in [0.25, 0.3) is 0 Å². The molecule has 1 N–H and O–H groups in total. The predicted octanol–water partition coefficient (Wildman–Crippen LogP) is 2.94. The Kier molecular flexibility index (Phi) is 6.52. The number of rotatable bonds is 7. The number of carbonyl (C=O) groups is 2. The van der Waals surface area contributed by atoms with Gasteiger partial charge in [-0.25, -0.2) is 8.42 Å². The van der Waals surface area contributed by atoms with Crippen molar-refractivity contribution in [2.24, 2.45) is 0 Å². The van der Waals surface area contributed by atoms with E-state index in [2.05, 4.69) is 5.32 Å². The number of ketones is 1. The van der Waals surface area contributed by atoms with Gasteiger partial charge in [0.05, 0.1) is 12.8 Å². The Labute approximate surface area is 157 Å². The molecule has 0 aliphatic carbocycles. The fraction of sp³-hybridized carbons (Fsp3) is 0.222. The number of sulfonamides is 1. The normalized spacial score (nSPS) is 11.4. The van der Waals surface area contributed by atoms with E-state index < -0.39 is 15.9 Å². The molecular formula is C18H19ClN2O4S. The van der Waals surface area contributed by atoms with Crippen molar-refractivity contribution in [1.82, 2.24) is 4.31 Å². The second-order valence-corrected chi connectivity index (χ2v) is 8.19. The molecule has 0 radical (unpaired) electrons. The number of nitrogens with one attached hydrogen (secondary N) is 1. The third-order valence-corrected chi connectivity index (χ3v) is 5.23. The van der Waals surface area contributed by atoms with Gasteiger partial charge in [0, 0.05) is 22.8 Å². The van der Waals surface area contributed by atoms with E-state index in [-0.39, 0.29) is 18.9 Å². The first-order valence-electron chi connectivity index (χ1n) is 7.76. The molecule has 1 amide bonds. The molecule has 0 spiro atoms. The monoisotopic (exact) mass is 394 g/mol. The van der Waals surface area contributed by atoms with Gasteiger partial charge in [-0.1, -0.05) is 29.8 Å². The van der Waals surface area contributed by atoms with Crippen molar-refractivity contribution in [2.75, 3.05) is 18.1 Å². The highest BCUT2D eigenvalue weighted by atomic mass is 35.5. The van der Waals surface area contributed by atoms with Crippen LogP contribution in [0, 0.1) is 0 Å². The summed E-state index contributed by atoms with van der Waals surface area (Å²) in [6.45, 7) is 1.10. The quantitative estimate of drug-likeness (QED) is 0.732. The first-order valence-corrected chi connectivity index (χ1v) is 9.99. The zero-order valence-electron chi connectivity index (χ0n) is 14.4. The number of anilines is 1. The average Bonchev–Trinajstić information content (AvgIpc) is 2.55. The molecule has 2 aromatic carbocycles. The number of Topliss-reactive ketones (excluding diaryl/α,β-unsaturated/α-hetero) is 1. The molecular weight excluding hydrogens is 376 g/mol. The molecule has 0 heterocycles. The van der Waals surface area contributed by atoms with Crippen molar-refractivity contribution in [1.29, 1.82) is 0 Å². The van der Waals surface area contributed by atoms with Crippen LogP contribution >= 0.6 is 11.6 Å². The summed E-state index contributed by atoms with van der Waals surface area (Å²) in [4.78, 5) is 23.5. The largest absolute Gasteiger partial charge is 0.325 e. The first-order chi connectivity index (χ1) is 12.2. The highest BCUT2D eigenvalue weighted by Gasteiger charge is 2.21. The molecule has 0 bridgehead atoms. The van der Waals surface area contributed by atoms with Gasteiger partial charge in [0.1, 0.15) is 0 Å². The summed E-state index contributed by atoms with van der Waals surface area (Å²) in [5, 5.41) is 3.05. The molecule has 0 saturated heterocycles. The van der Waals surface area contributed by atoms with Crippen LogP contribution in [-0.4, -0.2) is 37.2 Å². The molecule has 0 aliphatic heterocycles. The van der Waals surface area contributed by atoms with E-state index in [1.54, 1.807) is 48.5 Å². The van der Waals surface area contributed by atoms with Crippen LogP contribution in [0.2, 0.25) is 5.02 Å². The van der Waals surface area contributed by atoms with E-state index in [1.807, 2.05) is 0 Å². The summed E-state index contributed by atoms with van der Waals surface area (Å²) in [5.41, 5.74) is 1.61. The van der Waals surface area contributed by atoms with Gasteiger partial charge in [-0.2, -0.15) is 4.31 Å². The summed E-state index contributed by atoms with van der Waals surface area (Å²) < 4.78 is 25.1. The van der Waals surface area contributed by atoms with E-state index in [0.717, 1.165) is 10.6 Å². The summed E-state index contributed by atoms with van der Waals surface area (Å²) in [5.74, 6) is -0.566. The standard InChI is InChI=1S/C18H19ClN2O4S/c1-13(22)14-7-9-16(10-8-14)20-18(23)12-21(26(2,24)25)11-15-5-3-4-6-17(15)19/h3-10H,11-12H2,1-2H3,(H,20,23). The fourth-order valence-corrected chi connectivity index (χ4v) is 3.18. The molecule has 0 saturated carbocycles. The molecule has 0 fully saturated rings. The Morgan fingerprint density at radius 2 is 1.69 bits per heavy atom. The van der Waals surface area contributed by atoms with E-state index in [9.17, 15) is 18.0 Å². The van der Waals surface area contributed by atoms with E-state index >= 15 is 0 Å². The minimum Gasteiger partial charge on any atom is -0.325 e. The van der Waals surface area contributed by atoms with Crippen LogP contribution in [0.1, 0.15) is 22.8 Å². The van der Waals surface area contributed by atoms with E-state index in [0.29, 0.717) is 21.8 Å². The third-order valence-electron chi connectivity index (χ3n) is 3.67. The molecule has 0 aliphatic rings. The summed E-state index contributed by atoms with van der Waals surface area (Å²) in [6.07, 6.45) is 1.04. The Bertz CT molecular complexity index is 911. The van der Waals surface area contributed by atoms with Gasteiger partial charge in [-0.3, -0.25) is 9.59 Å². The van der Waals surface area contributed by atoms with Crippen molar-refractivity contribution in [2.45, 2.75) is 13.5 Å². The molecule has 0 atom stereocenters. The average molecular weight is 395 g/mol. The molecule has 0 unspecified atom stereocenters. The van der Waals surface area contributed by atoms with Crippen LogP contribution in [0.4, 0.5) is 5.69 Å². The van der Waals surface area contributed by atoms with Crippen molar-refractivity contribution >= 4 is 39.0 Å². The Balaban J connectivity index is 2.09. The summed E-state index contributed by atoms with van der Waals surface area (Å²) in [7, 11) is -3.62. The lowest BCUT2D eigenvalue weighted by molar-refractivity contribution is -0.116. The zero-order chi connectivity index (χ0) is 19.3. The summed E-state index contributed by atoms with van der Waals surface area (Å²) in [6, 6.07) is 13.2. The zero-order valence-corrected chi connectivity index (χ0v) is 16.0. The smallest absolute Gasteiger partial charge is 0.239 e. The maximum atomic E-state index is 12.2. The SMILES string of the molecule is CC(=O)c1ccc(NC(=O)CN(Cc2ccccc2Cl)S(C)(=O)=O)cc1. The second kappa shape index (κ2) is 8.44. The third kappa shape index (κ3) is 5.66. The van der Waals surface area contributed by atoms with Crippen molar-refractivity contribution in [3.05, 3.63) is 64.7 Å². The molecule has 2 rings (SSSR count). The van der Waals surface area contributed by atoms with Crippen LogP contribution in [0.3, 0.4) is 0 Å². The molecule has 8 heteroatoms. The van der Waals surface area contributed by atoms with Gasteiger partial charge in [0.2, 0.25) is 15.9 Å². The van der Waals surface area contributed by atoms with Gasteiger partial charge in [0.15, 0.2) is 5.78 Å². The number of amides is 1. The van der Waals surface area contributed by atoms with Gasteiger partial charge in [-0.15, -0.1) is 0 Å². The van der Waals surface area contributed by atoms with E-state index in [1.165, 1.54) is 6.92 Å². The molecule has 138 valence electrons. The molecule has 2 aromatic rings. The van der Waals surface area contributed by atoms with Crippen molar-refractivity contribution < 1.29 is 18.0 Å². The number of benzene rings is 2. The fourth-order valence-electron chi connectivity index (χ4n) is 2.26. The minimum atomic E-state index is -3.62. The van der Waals surface area contributed by atoms with E-state index in [4.69, 9.17) is 11.6 Å². The number of carbonyl (C=O) groups excluding carboxylic acids is 2. The van der Waals surface area contributed by atoms with Gasteiger partial charge >= 0.3 is 0 Å². The number of hydrogen-bond donors (Lipinski definition) is 1. The topological polar surface area (TPSA) is 83.6 Å². The lowest BCUT2D eigenvalue weighted by Crippen LogP contribution is -2.37. The molecule has 0 aromatic heterocycles. The maximum absolute atomic E-state index is 12.2. The summed E-state index contributed by atoms with van der Waals surface area (Å²) >= 11 is 6.08. The van der Waals surface area contributed by atoms with Gasteiger partial charge in [-0.05, 0) is 42.8 Å². The highest BCUT2D eigenvalue weighted by molar-refractivity contribution is 7.88. The molecule has 26 heavy (non-hydrogen) atoms. The Morgan fingerprint density at radius 3 is 2.23 bits per heavy atom. The van der Waals surface area contributed by atoms with Crippen LogP contribution < -0.4 is 5.32 Å². The molecule has 6 nitrogen and oxygen atoms in total. The second-order valence-electron chi connectivity index (χ2n) is 5.80. The number of hydrogen-bond acceptors (Lipinski definition) is 4. The lowest BCUT2D eigenvalue weighted by Gasteiger charge is -2.20. The van der Waals surface area contributed by atoms with Crippen LogP contribution in [0.15, 0.2) is 48.5 Å². The number of halogens is 1. The number of nitrogens with zero attached hydrogens (tertiary/aromatic N) is 1. The van der Waals surface area contributed by atoms with Crippen molar-refractivity contribution in [3.63, 3.8) is 0 Å². The van der Waals surface area contributed by atoms with Crippen LogP contribution in [-0.2, 0) is 21.4 Å². The van der Waals surface area contributed by atoms with Gasteiger partial charge in [0.25, 0.3) is 0 Å². The van der Waals surface area contributed by atoms with Crippen molar-refractivity contribution in [3.8, 4) is 0 Å². The maximum Gasteiger partial charge on any atom is 0.239 e. The van der Waals surface area contributed by atoms with Gasteiger partial charge < -0.3 is 5.32 Å². The lowest BCUT2D eigenvalue weighted by atomic mass is 10.1. The van der Waals surface area contributed by atoms with Crippen LogP contribution in [0.5, 0.6) is 0 Å². The predicted molar refractivity (Wildman–Crippen MR) is 102 cm³/mol. The first kappa shape index (κ1) is 20.1. The Hall–Kier alpha value is -2.22. The minimum absolute atomic E-state index is 0.00476. The highest BCUT2D eigenvalue weighted by Crippen LogP contribution is 2.18.